The number of fused-ring (bicyclic) bond motifs is 1. The summed E-state index contributed by atoms with van der Waals surface area (Å²) < 4.78 is 29.3. The number of hydrazone groups is 1. The van der Waals surface area contributed by atoms with E-state index >= 15 is 0 Å². The number of nitrogens with one attached hydrogen (secondary N) is 1. The molecule has 0 fully saturated rings. The van der Waals surface area contributed by atoms with Gasteiger partial charge < -0.3 is 4.57 Å². The van der Waals surface area contributed by atoms with E-state index in [-0.39, 0.29) is 6.54 Å². The van der Waals surface area contributed by atoms with Crippen molar-refractivity contribution < 1.29 is 13.2 Å². The van der Waals surface area contributed by atoms with Gasteiger partial charge in [0.1, 0.15) is 6.54 Å². The number of carbonyl (C=O) groups is 1. The van der Waals surface area contributed by atoms with Crippen molar-refractivity contribution in [2.45, 2.75) is 13.8 Å². The zero-order chi connectivity index (χ0) is 25.2. The van der Waals surface area contributed by atoms with Crippen LogP contribution in [0.2, 0.25) is 0 Å². The summed E-state index contributed by atoms with van der Waals surface area (Å²) in [5.41, 5.74) is 6.77. The standard InChI is InChI=1S/C26H25BrN4O3S/c1-18-15-21(19(2)31(18)23-13-11-22(27)12-14-23)16-28-29-26(32)17-30(35(3,33)34)25-10-6-8-20-7-4-5-9-24(20)25/h4-16H,17H2,1-3H3,(H,29,32)/b28-16+. The van der Waals surface area contributed by atoms with Crippen molar-refractivity contribution in [1.29, 1.82) is 0 Å². The summed E-state index contributed by atoms with van der Waals surface area (Å²) in [4.78, 5) is 12.7. The normalized spacial score (nSPS) is 11.8. The Hall–Kier alpha value is -3.43. The van der Waals surface area contributed by atoms with Crippen LogP contribution in [-0.2, 0) is 14.8 Å². The number of sulfonamides is 1. The molecule has 0 aliphatic carbocycles. The minimum Gasteiger partial charge on any atom is -0.318 e. The van der Waals surface area contributed by atoms with Crippen molar-refractivity contribution in [2.24, 2.45) is 5.10 Å². The van der Waals surface area contributed by atoms with Crippen LogP contribution in [-0.4, -0.2) is 37.9 Å². The van der Waals surface area contributed by atoms with Crippen molar-refractivity contribution in [1.82, 2.24) is 9.99 Å². The van der Waals surface area contributed by atoms with E-state index in [1.165, 1.54) is 0 Å². The first-order valence-electron chi connectivity index (χ1n) is 10.9. The first-order valence-corrected chi connectivity index (χ1v) is 13.5. The summed E-state index contributed by atoms with van der Waals surface area (Å²) in [6, 6.07) is 22.8. The smallest absolute Gasteiger partial charge is 0.260 e. The lowest BCUT2D eigenvalue weighted by atomic mass is 10.1. The minimum absolute atomic E-state index is 0.387. The van der Waals surface area contributed by atoms with Gasteiger partial charge >= 0.3 is 0 Å². The molecule has 4 aromatic rings. The maximum Gasteiger partial charge on any atom is 0.260 e. The number of benzene rings is 3. The summed E-state index contributed by atoms with van der Waals surface area (Å²) >= 11 is 3.45. The predicted molar refractivity (Wildman–Crippen MR) is 145 cm³/mol. The van der Waals surface area contributed by atoms with Crippen molar-refractivity contribution in [3.63, 3.8) is 0 Å². The highest BCUT2D eigenvalue weighted by Crippen LogP contribution is 2.28. The molecule has 0 bridgehead atoms. The van der Waals surface area contributed by atoms with Gasteiger partial charge in [0.15, 0.2) is 0 Å². The Morgan fingerprint density at radius 3 is 2.46 bits per heavy atom. The Balaban J connectivity index is 1.52. The van der Waals surface area contributed by atoms with Crippen molar-refractivity contribution in [2.75, 3.05) is 17.1 Å². The second kappa shape index (κ2) is 10.1. The fraction of sp³-hybridized carbons (Fsp3) is 0.154. The molecule has 9 heteroatoms. The first-order chi connectivity index (χ1) is 16.6. The third kappa shape index (κ3) is 5.47. The second-order valence-electron chi connectivity index (χ2n) is 8.20. The number of anilines is 1. The molecule has 35 heavy (non-hydrogen) atoms. The molecule has 0 aliphatic heterocycles. The number of nitrogens with zero attached hydrogens (tertiary/aromatic N) is 3. The minimum atomic E-state index is -3.71. The van der Waals surface area contributed by atoms with E-state index in [0.29, 0.717) is 5.69 Å². The summed E-state index contributed by atoms with van der Waals surface area (Å²) in [5, 5.41) is 5.72. The number of amides is 1. The zero-order valence-corrected chi connectivity index (χ0v) is 22.0. The fourth-order valence-corrected chi connectivity index (χ4v) is 5.18. The molecule has 0 saturated heterocycles. The average Bonchev–Trinajstić information content (AvgIpc) is 3.10. The highest BCUT2D eigenvalue weighted by atomic mass is 79.9. The van der Waals surface area contributed by atoms with Crippen LogP contribution in [0.5, 0.6) is 0 Å². The lowest BCUT2D eigenvalue weighted by Gasteiger charge is -2.23. The lowest BCUT2D eigenvalue weighted by Crippen LogP contribution is -2.39. The molecule has 3 aromatic carbocycles. The maximum atomic E-state index is 12.7. The maximum absolute atomic E-state index is 12.7. The van der Waals surface area contributed by atoms with Crippen LogP contribution in [0, 0.1) is 13.8 Å². The fourth-order valence-electron chi connectivity index (χ4n) is 4.05. The molecule has 0 saturated carbocycles. The van der Waals surface area contributed by atoms with Crippen LogP contribution in [0.25, 0.3) is 16.5 Å². The Labute approximate surface area is 213 Å². The third-order valence-corrected chi connectivity index (χ3v) is 7.33. The molecular formula is C26H25BrN4O3S. The van der Waals surface area contributed by atoms with Crippen LogP contribution in [0.1, 0.15) is 17.0 Å². The summed E-state index contributed by atoms with van der Waals surface area (Å²) in [6.07, 6.45) is 2.65. The molecule has 180 valence electrons. The summed E-state index contributed by atoms with van der Waals surface area (Å²) in [5.74, 6) is -0.540. The molecule has 1 N–H and O–H groups in total. The van der Waals surface area contributed by atoms with Gasteiger partial charge in [-0.15, -0.1) is 0 Å². The van der Waals surface area contributed by atoms with Crippen LogP contribution in [0.3, 0.4) is 0 Å². The van der Waals surface area contributed by atoms with Crippen LogP contribution < -0.4 is 9.73 Å². The topological polar surface area (TPSA) is 83.8 Å². The monoisotopic (exact) mass is 552 g/mol. The number of aromatic nitrogens is 1. The predicted octanol–water partition coefficient (Wildman–Crippen LogP) is 4.93. The Kier molecular flexibility index (Phi) is 7.09. The van der Waals surface area contributed by atoms with Gasteiger partial charge in [0.05, 0.1) is 18.2 Å². The van der Waals surface area contributed by atoms with Gasteiger partial charge in [-0.3, -0.25) is 9.10 Å². The van der Waals surface area contributed by atoms with E-state index in [1.807, 2.05) is 74.5 Å². The molecular weight excluding hydrogens is 528 g/mol. The summed E-state index contributed by atoms with van der Waals surface area (Å²) in [7, 11) is -3.71. The number of halogens is 1. The van der Waals surface area contributed by atoms with Gasteiger partial charge in [-0.1, -0.05) is 52.3 Å². The molecule has 0 unspecified atom stereocenters. The number of aryl methyl sites for hydroxylation is 1. The van der Waals surface area contributed by atoms with Gasteiger partial charge in [-0.2, -0.15) is 5.10 Å². The van der Waals surface area contributed by atoms with Crippen LogP contribution >= 0.6 is 15.9 Å². The Morgan fingerprint density at radius 1 is 1.06 bits per heavy atom. The molecule has 0 radical (unpaired) electrons. The van der Waals surface area contributed by atoms with Gasteiger partial charge in [0.2, 0.25) is 10.0 Å². The number of carbonyl (C=O) groups excluding carboxylic acids is 1. The number of rotatable bonds is 7. The van der Waals surface area contributed by atoms with E-state index < -0.39 is 15.9 Å². The molecule has 0 atom stereocenters. The van der Waals surface area contributed by atoms with E-state index in [2.05, 4.69) is 31.0 Å². The molecule has 1 heterocycles. The van der Waals surface area contributed by atoms with E-state index in [1.54, 1.807) is 18.3 Å². The molecule has 0 spiro atoms. The molecule has 4 rings (SSSR count). The van der Waals surface area contributed by atoms with E-state index in [4.69, 9.17) is 0 Å². The molecule has 0 aliphatic rings. The highest BCUT2D eigenvalue weighted by Gasteiger charge is 2.22. The van der Waals surface area contributed by atoms with Crippen molar-refractivity contribution in [3.05, 3.63) is 94.2 Å². The van der Waals surface area contributed by atoms with Gasteiger partial charge in [0, 0.05) is 32.5 Å². The molecule has 7 nitrogen and oxygen atoms in total. The SMILES string of the molecule is Cc1cc(/C=N/NC(=O)CN(c2cccc3ccccc23)S(C)(=O)=O)c(C)n1-c1ccc(Br)cc1. The van der Waals surface area contributed by atoms with Gasteiger partial charge in [-0.05, 0) is 55.6 Å². The summed E-state index contributed by atoms with van der Waals surface area (Å²) in [6.45, 7) is 3.59. The third-order valence-electron chi connectivity index (χ3n) is 5.67. The van der Waals surface area contributed by atoms with E-state index in [9.17, 15) is 13.2 Å². The van der Waals surface area contributed by atoms with Crippen molar-refractivity contribution in [3.8, 4) is 5.69 Å². The molecule has 1 amide bonds. The Morgan fingerprint density at radius 2 is 1.74 bits per heavy atom. The second-order valence-corrected chi connectivity index (χ2v) is 11.0. The molecule has 1 aromatic heterocycles. The highest BCUT2D eigenvalue weighted by molar-refractivity contribution is 9.10. The van der Waals surface area contributed by atoms with Crippen LogP contribution in [0.15, 0.2) is 82.4 Å². The van der Waals surface area contributed by atoms with Crippen LogP contribution in [0.4, 0.5) is 5.69 Å². The first kappa shape index (κ1) is 24.7. The number of hydrogen-bond acceptors (Lipinski definition) is 4. The van der Waals surface area contributed by atoms with Gasteiger partial charge in [0.25, 0.3) is 5.91 Å². The van der Waals surface area contributed by atoms with Crippen molar-refractivity contribution >= 4 is 54.5 Å². The van der Waals surface area contributed by atoms with Gasteiger partial charge in [-0.25, -0.2) is 13.8 Å². The lowest BCUT2D eigenvalue weighted by molar-refractivity contribution is -0.119. The average molecular weight is 553 g/mol. The zero-order valence-electron chi connectivity index (χ0n) is 19.6. The van der Waals surface area contributed by atoms with E-state index in [0.717, 1.165) is 48.4 Å². The quantitative estimate of drug-likeness (QED) is 0.260. The Bertz CT molecular complexity index is 1520. The largest absolute Gasteiger partial charge is 0.318 e. The number of hydrogen-bond donors (Lipinski definition) is 1.